The average Bonchev–Trinajstić information content (AvgIpc) is 2.75. The first-order valence-electron chi connectivity index (χ1n) is 10.4. The molecule has 3 aromatic rings. The maximum Gasteiger partial charge on any atom is 0.265 e. The van der Waals surface area contributed by atoms with Crippen molar-refractivity contribution in [3.8, 4) is 5.75 Å². The van der Waals surface area contributed by atoms with Crippen LogP contribution in [-0.4, -0.2) is 20.4 Å². The monoisotopic (exact) mass is 452 g/mol. The SMILES string of the molecule is CC[C@@H](Oc1ccc(C)cc1)C(=O)Nc1ccc(S(=O)(=O)Nc2ccc(C)cc2C)cc1. The first-order chi connectivity index (χ1) is 15.2. The summed E-state index contributed by atoms with van der Waals surface area (Å²) in [6.45, 7) is 7.65. The summed E-state index contributed by atoms with van der Waals surface area (Å²) in [6, 6.07) is 19.1. The maximum absolute atomic E-state index is 12.7. The molecule has 0 bridgehead atoms. The van der Waals surface area contributed by atoms with Crippen LogP contribution < -0.4 is 14.8 Å². The molecular formula is C25H28N2O4S. The second-order valence-corrected chi connectivity index (χ2v) is 9.45. The number of carbonyl (C=O) groups excluding carboxylic acids is 1. The zero-order chi connectivity index (χ0) is 23.3. The first kappa shape index (κ1) is 23.3. The van der Waals surface area contributed by atoms with Crippen LogP contribution >= 0.6 is 0 Å². The van der Waals surface area contributed by atoms with Crippen molar-refractivity contribution in [2.75, 3.05) is 10.0 Å². The van der Waals surface area contributed by atoms with E-state index in [9.17, 15) is 13.2 Å². The average molecular weight is 453 g/mol. The van der Waals surface area contributed by atoms with Crippen LogP contribution in [0.15, 0.2) is 71.6 Å². The highest BCUT2D eigenvalue weighted by Crippen LogP contribution is 2.22. The number of rotatable bonds is 8. The van der Waals surface area contributed by atoms with Crippen LogP contribution in [0.2, 0.25) is 0 Å². The summed E-state index contributed by atoms with van der Waals surface area (Å²) in [5, 5.41) is 2.79. The van der Waals surface area contributed by atoms with E-state index in [0.29, 0.717) is 23.5 Å². The number of sulfonamides is 1. The highest BCUT2D eigenvalue weighted by atomic mass is 32.2. The summed E-state index contributed by atoms with van der Waals surface area (Å²) in [5.74, 6) is 0.327. The van der Waals surface area contributed by atoms with Gasteiger partial charge in [-0.3, -0.25) is 9.52 Å². The van der Waals surface area contributed by atoms with Crippen LogP contribution in [0.25, 0.3) is 0 Å². The molecule has 0 heterocycles. The number of amides is 1. The zero-order valence-corrected chi connectivity index (χ0v) is 19.5. The number of carbonyl (C=O) groups is 1. The van der Waals surface area contributed by atoms with Crippen molar-refractivity contribution in [1.82, 2.24) is 0 Å². The van der Waals surface area contributed by atoms with Gasteiger partial charge >= 0.3 is 0 Å². The molecule has 1 amide bonds. The Morgan fingerprint density at radius 3 is 2.12 bits per heavy atom. The molecule has 0 radical (unpaired) electrons. The standard InChI is InChI=1S/C25H28N2O4S/c1-5-24(31-21-11-6-17(2)7-12-21)25(28)26-20-9-13-22(14-10-20)32(29,30)27-23-15-8-18(3)16-19(23)4/h6-16,24,27H,5H2,1-4H3,(H,26,28)/t24-/m1/s1. The molecule has 0 aliphatic carbocycles. The molecule has 3 rings (SSSR count). The Bertz CT molecular complexity index is 1190. The summed E-state index contributed by atoms with van der Waals surface area (Å²) in [5.41, 5.74) is 4.04. The number of hydrogen-bond acceptors (Lipinski definition) is 4. The molecular weight excluding hydrogens is 424 g/mol. The lowest BCUT2D eigenvalue weighted by molar-refractivity contribution is -0.122. The van der Waals surface area contributed by atoms with E-state index < -0.39 is 16.1 Å². The summed E-state index contributed by atoms with van der Waals surface area (Å²) in [4.78, 5) is 12.7. The Labute approximate surface area is 189 Å². The third-order valence-corrected chi connectivity index (χ3v) is 6.40. The van der Waals surface area contributed by atoms with Gasteiger partial charge < -0.3 is 10.1 Å². The normalized spacial score (nSPS) is 12.1. The Hall–Kier alpha value is -3.32. The van der Waals surface area contributed by atoms with Gasteiger partial charge in [0.15, 0.2) is 6.10 Å². The number of aryl methyl sites for hydroxylation is 3. The molecule has 168 valence electrons. The molecule has 6 nitrogen and oxygen atoms in total. The molecule has 0 spiro atoms. The maximum atomic E-state index is 12.7. The Kier molecular flexibility index (Phi) is 7.20. The largest absolute Gasteiger partial charge is 0.481 e. The van der Waals surface area contributed by atoms with Crippen molar-refractivity contribution in [3.63, 3.8) is 0 Å². The van der Waals surface area contributed by atoms with Crippen molar-refractivity contribution in [1.29, 1.82) is 0 Å². The minimum atomic E-state index is -3.75. The molecule has 0 fully saturated rings. The number of hydrogen-bond donors (Lipinski definition) is 2. The van der Waals surface area contributed by atoms with Crippen LogP contribution in [0.5, 0.6) is 5.75 Å². The molecule has 0 saturated carbocycles. The fourth-order valence-corrected chi connectivity index (χ4v) is 4.31. The predicted molar refractivity (Wildman–Crippen MR) is 128 cm³/mol. The van der Waals surface area contributed by atoms with Crippen LogP contribution in [0.1, 0.15) is 30.0 Å². The van der Waals surface area contributed by atoms with Gasteiger partial charge in [0.25, 0.3) is 15.9 Å². The summed E-state index contributed by atoms with van der Waals surface area (Å²) in [6.07, 6.45) is -0.168. The van der Waals surface area contributed by atoms with Gasteiger partial charge in [-0.25, -0.2) is 8.42 Å². The van der Waals surface area contributed by atoms with Crippen LogP contribution in [0.4, 0.5) is 11.4 Å². The Morgan fingerprint density at radius 1 is 0.906 bits per heavy atom. The summed E-state index contributed by atoms with van der Waals surface area (Å²) in [7, 11) is -3.75. The van der Waals surface area contributed by atoms with Gasteiger partial charge in [0.1, 0.15) is 5.75 Å². The van der Waals surface area contributed by atoms with E-state index in [4.69, 9.17) is 4.74 Å². The lowest BCUT2D eigenvalue weighted by Gasteiger charge is -2.17. The molecule has 0 aliphatic heterocycles. The van der Waals surface area contributed by atoms with E-state index in [1.165, 1.54) is 12.1 Å². The predicted octanol–water partition coefficient (Wildman–Crippen LogP) is 5.21. The van der Waals surface area contributed by atoms with Crippen LogP contribution in [-0.2, 0) is 14.8 Å². The van der Waals surface area contributed by atoms with E-state index in [1.807, 2.05) is 64.1 Å². The molecule has 0 aliphatic rings. The van der Waals surface area contributed by atoms with Gasteiger partial charge in [0.2, 0.25) is 0 Å². The quantitative estimate of drug-likeness (QED) is 0.491. The van der Waals surface area contributed by atoms with Crippen molar-refractivity contribution in [2.24, 2.45) is 0 Å². The van der Waals surface area contributed by atoms with E-state index in [-0.39, 0.29) is 10.8 Å². The van der Waals surface area contributed by atoms with Gasteiger partial charge in [-0.05, 0) is 75.2 Å². The van der Waals surface area contributed by atoms with E-state index in [1.54, 1.807) is 18.2 Å². The third-order valence-electron chi connectivity index (χ3n) is 5.02. The summed E-state index contributed by atoms with van der Waals surface area (Å²) < 4.78 is 33.9. The minimum Gasteiger partial charge on any atom is -0.481 e. The third kappa shape index (κ3) is 5.88. The molecule has 0 unspecified atom stereocenters. The van der Waals surface area contributed by atoms with Crippen LogP contribution in [0.3, 0.4) is 0 Å². The van der Waals surface area contributed by atoms with Gasteiger partial charge in [-0.15, -0.1) is 0 Å². The lowest BCUT2D eigenvalue weighted by atomic mass is 10.1. The molecule has 32 heavy (non-hydrogen) atoms. The van der Waals surface area contributed by atoms with Gasteiger partial charge in [0.05, 0.1) is 10.6 Å². The topological polar surface area (TPSA) is 84.5 Å². The van der Waals surface area contributed by atoms with E-state index in [0.717, 1.165) is 16.7 Å². The van der Waals surface area contributed by atoms with Gasteiger partial charge in [-0.2, -0.15) is 0 Å². The Balaban J connectivity index is 1.67. The van der Waals surface area contributed by atoms with Crippen molar-refractivity contribution < 1.29 is 17.9 Å². The second-order valence-electron chi connectivity index (χ2n) is 7.77. The first-order valence-corrected chi connectivity index (χ1v) is 11.9. The highest BCUT2D eigenvalue weighted by Gasteiger charge is 2.20. The zero-order valence-electron chi connectivity index (χ0n) is 18.7. The molecule has 3 aromatic carbocycles. The number of ether oxygens (including phenoxy) is 1. The van der Waals surface area contributed by atoms with Crippen molar-refractivity contribution in [3.05, 3.63) is 83.4 Å². The Morgan fingerprint density at radius 2 is 1.53 bits per heavy atom. The van der Waals surface area contributed by atoms with E-state index in [2.05, 4.69) is 10.0 Å². The highest BCUT2D eigenvalue weighted by molar-refractivity contribution is 7.92. The number of nitrogens with one attached hydrogen (secondary N) is 2. The molecule has 7 heteroatoms. The van der Waals surface area contributed by atoms with Crippen molar-refractivity contribution in [2.45, 2.75) is 45.1 Å². The smallest absolute Gasteiger partial charge is 0.265 e. The number of benzene rings is 3. The molecule has 2 N–H and O–H groups in total. The fraction of sp³-hybridized carbons (Fsp3) is 0.240. The molecule has 0 aromatic heterocycles. The van der Waals surface area contributed by atoms with Gasteiger partial charge in [0, 0.05) is 5.69 Å². The van der Waals surface area contributed by atoms with E-state index >= 15 is 0 Å². The van der Waals surface area contributed by atoms with Gasteiger partial charge in [-0.1, -0.05) is 42.3 Å². The van der Waals surface area contributed by atoms with Crippen molar-refractivity contribution >= 4 is 27.3 Å². The minimum absolute atomic E-state index is 0.110. The second kappa shape index (κ2) is 9.87. The molecule has 0 saturated heterocycles. The van der Waals surface area contributed by atoms with Crippen LogP contribution in [0, 0.1) is 20.8 Å². The lowest BCUT2D eigenvalue weighted by Crippen LogP contribution is -2.32. The number of anilines is 2. The fourth-order valence-electron chi connectivity index (χ4n) is 3.18. The summed E-state index contributed by atoms with van der Waals surface area (Å²) >= 11 is 0. The molecule has 1 atom stereocenters.